The predicted molar refractivity (Wildman–Crippen MR) is 85.4 cm³/mol. The number of nitrogens with two attached hydrogens (primary N) is 1. The lowest BCUT2D eigenvalue weighted by Crippen LogP contribution is -2.52. The van der Waals surface area contributed by atoms with Crippen molar-refractivity contribution in [1.82, 2.24) is 5.32 Å². The van der Waals surface area contributed by atoms with E-state index < -0.39 is 5.41 Å². The van der Waals surface area contributed by atoms with Crippen molar-refractivity contribution in [2.45, 2.75) is 56.6 Å². The van der Waals surface area contributed by atoms with Gasteiger partial charge >= 0.3 is 0 Å². The largest absolute Gasteiger partial charge is 0.392 e. The van der Waals surface area contributed by atoms with Crippen LogP contribution in [-0.4, -0.2) is 27.9 Å². The summed E-state index contributed by atoms with van der Waals surface area (Å²) in [4.78, 5) is 13.0. The van der Waals surface area contributed by atoms with E-state index in [0.29, 0.717) is 4.99 Å². The molecule has 1 atom stereocenters. The van der Waals surface area contributed by atoms with Crippen molar-refractivity contribution >= 4 is 34.9 Å². The number of nitrogens with one attached hydrogen (secondary N) is 1. The molecule has 0 aromatic rings. The third kappa shape index (κ3) is 3.24. The Bertz CT molecular complexity index is 358. The highest BCUT2D eigenvalue weighted by Crippen LogP contribution is 2.39. The molecule has 1 saturated carbocycles. The first-order chi connectivity index (χ1) is 8.99. The maximum Gasteiger partial charge on any atom is 0.233 e. The van der Waals surface area contributed by atoms with Crippen LogP contribution in [0.15, 0.2) is 0 Å². The SMILES string of the molecule is CC1(CNC(=O)C2(C(N)=S)CCCCC2)CCCS1. The van der Waals surface area contributed by atoms with Crippen molar-refractivity contribution in [2.24, 2.45) is 11.1 Å². The van der Waals surface area contributed by atoms with Gasteiger partial charge in [0, 0.05) is 11.3 Å². The number of rotatable bonds is 4. The highest BCUT2D eigenvalue weighted by Gasteiger charge is 2.43. The van der Waals surface area contributed by atoms with Crippen molar-refractivity contribution in [3.8, 4) is 0 Å². The van der Waals surface area contributed by atoms with Crippen LogP contribution in [0.3, 0.4) is 0 Å². The molecule has 0 radical (unpaired) electrons. The second-order valence-electron chi connectivity index (χ2n) is 6.09. The van der Waals surface area contributed by atoms with Crippen LogP contribution >= 0.6 is 24.0 Å². The van der Waals surface area contributed by atoms with Crippen molar-refractivity contribution in [3.05, 3.63) is 0 Å². The Morgan fingerprint density at radius 3 is 2.47 bits per heavy atom. The average Bonchev–Trinajstić information content (AvgIpc) is 2.84. The van der Waals surface area contributed by atoms with E-state index in [9.17, 15) is 4.79 Å². The number of hydrogen-bond donors (Lipinski definition) is 2. The Morgan fingerprint density at radius 1 is 1.26 bits per heavy atom. The molecule has 2 rings (SSSR count). The van der Waals surface area contributed by atoms with Gasteiger partial charge in [0.1, 0.15) is 0 Å². The second-order valence-corrected chi connectivity index (χ2v) is 8.21. The summed E-state index contributed by atoms with van der Waals surface area (Å²) in [6, 6.07) is 0. The van der Waals surface area contributed by atoms with Gasteiger partial charge in [0.2, 0.25) is 5.91 Å². The maximum absolute atomic E-state index is 12.6. The van der Waals surface area contributed by atoms with Crippen molar-refractivity contribution in [2.75, 3.05) is 12.3 Å². The van der Waals surface area contributed by atoms with Gasteiger partial charge in [-0.15, -0.1) is 0 Å². The normalized spacial score (nSPS) is 29.9. The van der Waals surface area contributed by atoms with Gasteiger partial charge in [0.05, 0.1) is 10.4 Å². The average molecular weight is 300 g/mol. The first-order valence-electron chi connectivity index (χ1n) is 7.21. The van der Waals surface area contributed by atoms with E-state index in [1.807, 2.05) is 11.8 Å². The van der Waals surface area contributed by atoms with E-state index in [4.69, 9.17) is 18.0 Å². The summed E-state index contributed by atoms with van der Waals surface area (Å²) in [5.41, 5.74) is 5.31. The maximum atomic E-state index is 12.6. The van der Waals surface area contributed by atoms with Crippen LogP contribution in [-0.2, 0) is 4.79 Å². The minimum absolute atomic E-state index is 0.0634. The summed E-state index contributed by atoms with van der Waals surface area (Å²) < 4.78 is 0.196. The monoisotopic (exact) mass is 300 g/mol. The smallest absolute Gasteiger partial charge is 0.233 e. The van der Waals surface area contributed by atoms with Gasteiger partial charge in [-0.3, -0.25) is 4.79 Å². The summed E-state index contributed by atoms with van der Waals surface area (Å²) in [5, 5.41) is 3.13. The van der Waals surface area contributed by atoms with E-state index in [-0.39, 0.29) is 10.7 Å². The van der Waals surface area contributed by atoms with Crippen LogP contribution in [0.25, 0.3) is 0 Å². The van der Waals surface area contributed by atoms with E-state index >= 15 is 0 Å². The fourth-order valence-electron chi connectivity index (χ4n) is 3.15. The summed E-state index contributed by atoms with van der Waals surface area (Å²) >= 11 is 7.15. The molecule has 1 aliphatic heterocycles. The molecule has 3 nitrogen and oxygen atoms in total. The standard InChI is InChI=1S/C14H24N2OS2/c1-13(6-5-9-19-13)10-16-12(17)14(11(15)18)7-3-2-4-8-14/h2-10H2,1H3,(H2,15,18)(H,16,17). The lowest BCUT2D eigenvalue weighted by atomic mass is 9.73. The topological polar surface area (TPSA) is 55.1 Å². The molecule has 0 spiro atoms. The van der Waals surface area contributed by atoms with E-state index in [1.54, 1.807) is 0 Å². The molecule has 0 bridgehead atoms. The Labute approximate surface area is 125 Å². The number of carbonyl (C=O) groups excluding carboxylic acids is 1. The highest BCUT2D eigenvalue weighted by atomic mass is 32.2. The fourth-order valence-corrected chi connectivity index (χ4v) is 4.69. The van der Waals surface area contributed by atoms with Gasteiger partial charge in [-0.2, -0.15) is 11.8 Å². The molecule has 1 heterocycles. The van der Waals surface area contributed by atoms with Crippen LogP contribution in [0.1, 0.15) is 51.9 Å². The third-order valence-corrected chi connectivity index (χ3v) is 6.47. The van der Waals surface area contributed by atoms with Crippen LogP contribution in [0.2, 0.25) is 0 Å². The fraction of sp³-hybridized carbons (Fsp3) is 0.857. The molecular formula is C14H24N2OS2. The van der Waals surface area contributed by atoms with Gasteiger partial charge in [-0.25, -0.2) is 0 Å². The van der Waals surface area contributed by atoms with Crippen molar-refractivity contribution < 1.29 is 4.79 Å². The zero-order valence-electron chi connectivity index (χ0n) is 11.7. The molecule has 1 saturated heterocycles. The predicted octanol–water partition coefficient (Wildman–Crippen LogP) is 2.62. The Kier molecular flexibility index (Phi) is 4.77. The molecule has 1 amide bonds. The van der Waals surface area contributed by atoms with Gasteiger partial charge in [0.15, 0.2) is 0 Å². The summed E-state index contributed by atoms with van der Waals surface area (Å²) in [6.07, 6.45) is 7.35. The van der Waals surface area contributed by atoms with Gasteiger partial charge in [-0.05, 0) is 38.4 Å². The molecule has 19 heavy (non-hydrogen) atoms. The van der Waals surface area contributed by atoms with Crippen LogP contribution in [0, 0.1) is 5.41 Å². The molecule has 0 aromatic carbocycles. The highest BCUT2D eigenvalue weighted by molar-refractivity contribution is 8.00. The molecule has 0 aromatic heterocycles. The minimum atomic E-state index is -0.576. The zero-order chi connectivity index (χ0) is 13.9. The first kappa shape index (κ1) is 15.1. The number of carbonyl (C=O) groups is 1. The van der Waals surface area contributed by atoms with E-state index in [2.05, 4.69) is 12.2 Å². The Morgan fingerprint density at radius 2 is 1.95 bits per heavy atom. The Balaban J connectivity index is 1.98. The summed E-state index contributed by atoms with van der Waals surface area (Å²) in [6.45, 7) is 2.97. The van der Waals surface area contributed by atoms with Crippen LogP contribution < -0.4 is 11.1 Å². The zero-order valence-corrected chi connectivity index (χ0v) is 13.3. The van der Waals surface area contributed by atoms with Crippen LogP contribution in [0.4, 0.5) is 0 Å². The first-order valence-corrected chi connectivity index (χ1v) is 8.60. The lowest BCUT2D eigenvalue weighted by molar-refractivity contribution is -0.128. The molecule has 5 heteroatoms. The van der Waals surface area contributed by atoms with Gasteiger partial charge in [-0.1, -0.05) is 31.5 Å². The number of thiocarbonyl (C=S) groups is 1. The molecule has 2 fully saturated rings. The van der Waals surface area contributed by atoms with Gasteiger partial charge in [0.25, 0.3) is 0 Å². The summed E-state index contributed by atoms with van der Waals surface area (Å²) in [7, 11) is 0. The molecule has 1 unspecified atom stereocenters. The van der Waals surface area contributed by atoms with E-state index in [0.717, 1.165) is 32.2 Å². The van der Waals surface area contributed by atoms with Crippen molar-refractivity contribution in [1.29, 1.82) is 0 Å². The van der Waals surface area contributed by atoms with E-state index in [1.165, 1.54) is 25.0 Å². The third-order valence-electron chi connectivity index (χ3n) is 4.54. The van der Waals surface area contributed by atoms with Gasteiger partial charge < -0.3 is 11.1 Å². The Hall–Kier alpha value is -0.290. The molecule has 108 valence electrons. The molecule has 1 aliphatic carbocycles. The lowest BCUT2D eigenvalue weighted by Gasteiger charge is -2.36. The number of amides is 1. The molecule has 3 N–H and O–H groups in total. The minimum Gasteiger partial charge on any atom is -0.392 e. The number of hydrogen-bond acceptors (Lipinski definition) is 3. The van der Waals surface area contributed by atoms with Crippen LogP contribution in [0.5, 0.6) is 0 Å². The number of thioether (sulfide) groups is 1. The van der Waals surface area contributed by atoms with Crippen molar-refractivity contribution in [3.63, 3.8) is 0 Å². The summed E-state index contributed by atoms with van der Waals surface area (Å²) in [5.74, 6) is 1.26. The molecular weight excluding hydrogens is 276 g/mol. The quantitative estimate of drug-likeness (QED) is 0.784. The second kappa shape index (κ2) is 6.00. The molecule has 2 aliphatic rings.